The molecule has 2 aliphatic carbocycles. The largest absolute Gasteiger partial charge is 0.421 e. The van der Waals surface area contributed by atoms with Gasteiger partial charge in [-0.05, 0) is 69.9 Å². The highest BCUT2D eigenvalue weighted by atomic mass is 19.1. The van der Waals surface area contributed by atoms with E-state index in [1.165, 1.54) is 0 Å². The van der Waals surface area contributed by atoms with Crippen LogP contribution in [0.15, 0.2) is 36.9 Å². The molecule has 18 nitrogen and oxygen atoms in total. The first-order chi connectivity index (χ1) is 32.0. The minimum absolute atomic E-state index is 0.0411. The van der Waals surface area contributed by atoms with Gasteiger partial charge in [0.1, 0.15) is 46.2 Å². The second kappa shape index (κ2) is 13.3. The van der Waals surface area contributed by atoms with Crippen molar-refractivity contribution in [2.75, 3.05) is 40.6 Å². The highest BCUT2D eigenvalue weighted by Gasteiger charge is 2.62. The molecule has 5 aliphatic heterocycles. The third-order valence-electron chi connectivity index (χ3n) is 15.7. The Labute approximate surface area is 374 Å². The van der Waals surface area contributed by atoms with Crippen molar-refractivity contribution in [1.82, 2.24) is 49.8 Å². The molecule has 8 N–H and O–H groups in total. The molecule has 0 spiro atoms. The van der Waals surface area contributed by atoms with Gasteiger partial charge in [0.15, 0.2) is 11.5 Å². The molecule has 8 atom stereocenters. The van der Waals surface area contributed by atoms with Gasteiger partial charge < -0.3 is 51.3 Å². The van der Waals surface area contributed by atoms with Gasteiger partial charge in [0.25, 0.3) is 0 Å². The van der Waals surface area contributed by atoms with Crippen molar-refractivity contribution in [2.24, 2.45) is 29.2 Å². The monoisotopic (exact) mass is 890 g/mol. The number of nitrogens with two attached hydrogens (primary N) is 2. The number of rotatable bonds is 8. The summed E-state index contributed by atoms with van der Waals surface area (Å²) in [6.07, 6.45) is 9.77. The molecule has 15 rings (SSSR count). The molecule has 11 heterocycles. The summed E-state index contributed by atoms with van der Waals surface area (Å²) < 4.78 is 45.6. The number of fused-ring (bicyclic) bond motifs is 5. The highest BCUT2D eigenvalue weighted by molar-refractivity contribution is 6.18. The van der Waals surface area contributed by atoms with E-state index in [2.05, 4.69) is 50.3 Å². The summed E-state index contributed by atoms with van der Waals surface area (Å²) >= 11 is 0. The third kappa shape index (κ3) is 5.21. The summed E-state index contributed by atoms with van der Waals surface area (Å²) in [6, 6.07) is 3.08. The maximum Gasteiger partial charge on any atom is 0.326 e. The topological polar surface area (TPSA) is 236 Å². The summed E-state index contributed by atoms with van der Waals surface area (Å²) in [5.41, 5.74) is 18.4. The van der Waals surface area contributed by atoms with Crippen LogP contribution in [0.25, 0.3) is 43.9 Å². The van der Waals surface area contributed by atoms with E-state index in [-0.39, 0.29) is 59.7 Å². The van der Waals surface area contributed by atoms with Crippen molar-refractivity contribution in [3.63, 3.8) is 0 Å². The Morgan fingerprint density at radius 2 is 1.35 bits per heavy atom. The van der Waals surface area contributed by atoms with Crippen LogP contribution in [0.4, 0.5) is 31.8 Å². The number of ether oxygens (including phenoxy) is 2. The van der Waals surface area contributed by atoms with Gasteiger partial charge in [-0.25, -0.2) is 28.7 Å². The number of halogens is 2. The van der Waals surface area contributed by atoms with E-state index in [4.69, 9.17) is 40.9 Å². The Morgan fingerprint density at radius 3 is 1.97 bits per heavy atom. The minimum atomic E-state index is -0.813. The molecule has 334 valence electrons. The second-order valence-electron chi connectivity index (χ2n) is 19.1. The Bertz CT molecular complexity index is 3380. The van der Waals surface area contributed by atoms with Crippen molar-refractivity contribution in [3.05, 3.63) is 71.3 Å². The first-order valence-corrected chi connectivity index (χ1v) is 22.6. The number of piperidine rings is 2. The summed E-state index contributed by atoms with van der Waals surface area (Å²) in [5.74, 6) is 3.36. The van der Waals surface area contributed by atoms with Crippen LogP contribution < -0.4 is 41.4 Å². The molecule has 8 aromatic rings. The van der Waals surface area contributed by atoms with E-state index >= 15 is 8.78 Å². The molecule has 2 aromatic carbocycles. The van der Waals surface area contributed by atoms with Crippen LogP contribution in [0.5, 0.6) is 23.5 Å². The molecule has 2 bridgehead atoms. The average molecular weight is 891 g/mol. The van der Waals surface area contributed by atoms with Gasteiger partial charge in [0, 0.05) is 66.1 Å². The normalized spacial score (nSPS) is 26.6. The van der Waals surface area contributed by atoms with Gasteiger partial charge in [-0.15, -0.1) is 0 Å². The zero-order valence-corrected chi connectivity index (χ0v) is 36.2. The minimum Gasteiger partial charge on any atom is -0.421 e. The predicted octanol–water partition coefficient (Wildman–Crippen LogP) is 5.68. The number of anilines is 4. The standard InChI is InChI=1S/C46H44F2N16O2/c1-17-52-11-20(12-53-17)65-44-59-40-34-32-23(7-30-25-6-19(36(25)49)15-63(30)42(34)61-44)27(48)10-29(38(32)58-40)56-16-46(50)5-4-22-31-8-24-26(47)9-28(51-3)37-33(24)35-41(57-37)60-45(62-43(35)64(31)39(22)46)66-21-13-54-18(2)55-14-21/h9-14,19,22,25,30-31,36,39,51,56H,4-8,15-16,49-50H2,1-3H3,(H,57,60,62)(H,58,59,61)/t19-,22-,25+,30-,31-,36+,39+,46+/m0/s1. The maximum absolute atomic E-state index is 16.9. The second-order valence-corrected chi connectivity index (χ2v) is 19.1. The lowest BCUT2D eigenvalue weighted by Crippen LogP contribution is -2.73. The van der Waals surface area contributed by atoms with Crippen molar-refractivity contribution >= 4 is 66.9 Å². The number of H-pyrrole nitrogens is 2. The van der Waals surface area contributed by atoms with Crippen molar-refractivity contribution in [2.45, 2.75) is 75.7 Å². The van der Waals surface area contributed by atoms with E-state index in [0.29, 0.717) is 118 Å². The molecule has 2 saturated carbocycles. The van der Waals surface area contributed by atoms with Crippen LogP contribution >= 0.6 is 0 Å². The van der Waals surface area contributed by atoms with Crippen LogP contribution in [0.1, 0.15) is 42.0 Å². The van der Waals surface area contributed by atoms with E-state index in [9.17, 15) is 0 Å². The molecule has 0 unspecified atom stereocenters. The lowest BCUT2D eigenvalue weighted by atomic mass is 9.62. The lowest BCUT2D eigenvalue weighted by Gasteiger charge is -2.57. The van der Waals surface area contributed by atoms with Gasteiger partial charge in [-0.3, -0.25) is 0 Å². The number of nitrogens with one attached hydrogen (secondary N) is 4. The fraction of sp³-hybridized carbons (Fsp3) is 0.391. The Hall–Kier alpha value is -7.06. The summed E-state index contributed by atoms with van der Waals surface area (Å²) in [4.78, 5) is 48.5. The zero-order valence-electron chi connectivity index (χ0n) is 36.2. The fourth-order valence-electron chi connectivity index (χ4n) is 12.6. The summed E-state index contributed by atoms with van der Waals surface area (Å²) in [6.45, 7) is 4.62. The molecular weight excluding hydrogens is 847 g/mol. The third-order valence-corrected chi connectivity index (χ3v) is 15.7. The number of aromatic nitrogens is 10. The smallest absolute Gasteiger partial charge is 0.326 e. The van der Waals surface area contributed by atoms with Crippen molar-refractivity contribution < 1.29 is 18.3 Å². The number of hydrogen-bond donors (Lipinski definition) is 6. The van der Waals surface area contributed by atoms with Crippen LogP contribution in [-0.2, 0) is 12.8 Å². The molecule has 66 heavy (non-hydrogen) atoms. The van der Waals surface area contributed by atoms with Gasteiger partial charge >= 0.3 is 12.0 Å². The van der Waals surface area contributed by atoms with E-state index in [1.54, 1.807) is 57.8 Å². The molecule has 0 amide bonds. The number of benzene rings is 2. The quantitative estimate of drug-likeness (QED) is 0.108. The van der Waals surface area contributed by atoms with Crippen LogP contribution in [0.2, 0.25) is 0 Å². The number of aryl methyl sites for hydroxylation is 2. The van der Waals surface area contributed by atoms with Gasteiger partial charge in [-0.1, -0.05) is 0 Å². The van der Waals surface area contributed by atoms with Gasteiger partial charge in [0.05, 0.1) is 69.5 Å². The summed E-state index contributed by atoms with van der Waals surface area (Å²) in [5, 5.41) is 9.73. The van der Waals surface area contributed by atoms with E-state index in [1.807, 2.05) is 0 Å². The van der Waals surface area contributed by atoms with Crippen LogP contribution in [0.3, 0.4) is 0 Å². The molecule has 5 fully saturated rings. The molecule has 3 saturated heterocycles. The van der Waals surface area contributed by atoms with Crippen molar-refractivity contribution in [3.8, 4) is 23.5 Å². The van der Waals surface area contributed by atoms with Gasteiger partial charge in [-0.2, -0.15) is 19.9 Å². The Morgan fingerprint density at radius 1 is 0.773 bits per heavy atom. The van der Waals surface area contributed by atoms with E-state index in [0.717, 1.165) is 34.5 Å². The van der Waals surface area contributed by atoms with Crippen molar-refractivity contribution in [1.29, 1.82) is 0 Å². The Balaban J connectivity index is 0.858. The first-order valence-electron chi connectivity index (χ1n) is 22.6. The highest BCUT2D eigenvalue weighted by Crippen LogP contribution is 2.56. The molecule has 0 radical (unpaired) electrons. The van der Waals surface area contributed by atoms with Crippen LogP contribution in [0, 0.1) is 43.2 Å². The zero-order chi connectivity index (χ0) is 44.5. The molecule has 20 heteroatoms. The number of aromatic amines is 2. The SMILES string of the molecule is CNc1cc(F)c2c3c1[nH]c1nc(Oc4cnc(C)nc4)nc(c13)N1[C@@H](C2)[C@@H]2CC[C@@](N)(CNc3cc(F)c4c5c3[nH]c3nc(Oc6cnc(C)nc6)nc(c35)N3C[C@@H]5C[C@@H]([C@@H]5N)[C@@H]3C4)[C@@H]21. The van der Waals surface area contributed by atoms with E-state index < -0.39 is 5.54 Å². The van der Waals surface area contributed by atoms with Gasteiger partial charge in [0.2, 0.25) is 0 Å². The average Bonchev–Trinajstić information content (AvgIpc) is 3.91. The number of nitrogens with zero attached hydrogens (tertiary/aromatic N) is 10. The van der Waals surface area contributed by atoms with Crippen LogP contribution in [-0.4, -0.2) is 99.7 Å². The molecular formula is C46H44F2N16O2. The molecule has 6 aromatic heterocycles. The number of hydrogen-bond acceptors (Lipinski definition) is 16. The predicted molar refractivity (Wildman–Crippen MR) is 242 cm³/mol. The fourth-order valence-corrected chi connectivity index (χ4v) is 12.6. The maximum atomic E-state index is 16.9. The molecule has 7 aliphatic rings. The summed E-state index contributed by atoms with van der Waals surface area (Å²) in [7, 11) is 1.77. The Kier molecular flexibility index (Phi) is 7.69. The first kappa shape index (κ1) is 38.2. The lowest BCUT2D eigenvalue weighted by molar-refractivity contribution is 0.0732.